The molecule has 0 aliphatic rings. The van der Waals surface area contributed by atoms with Gasteiger partial charge in [0.1, 0.15) is 0 Å². The SMILES string of the molecule is O=C([O-])CCCCCCCCCCSSCCCCCCCCCCC(=O)[O-].[Na+].[Na+]. The van der Waals surface area contributed by atoms with Gasteiger partial charge in [-0.2, -0.15) is 0 Å². The molecule has 0 aromatic rings. The Morgan fingerprint density at radius 3 is 0.933 bits per heavy atom. The van der Waals surface area contributed by atoms with Gasteiger partial charge in [0.15, 0.2) is 0 Å². The van der Waals surface area contributed by atoms with Crippen molar-refractivity contribution in [2.24, 2.45) is 0 Å². The fourth-order valence-corrected chi connectivity index (χ4v) is 5.39. The number of rotatable bonds is 23. The fraction of sp³-hybridized carbons (Fsp3) is 0.909. The maximum Gasteiger partial charge on any atom is 1.00 e. The summed E-state index contributed by atoms with van der Waals surface area (Å²) in [6.45, 7) is 0. The van der Waals surface area contributed by atoms with Gasteiger partial charge in [-0.1, -0.05) is 98.6 Å². The van der Waals surface area contributed by atoms with Crippen LogP contribution in [0, 0.1) is 0 Å². The number of unbranched alkanes of at least 4 members (excludes halogenated alkanes) is 14. The molecule has 0 saturated carbocycles. The first kappa shape index (κ1) is 36.2. The Morgan fingerprint density at radius 1 is 0.433 bits per heavy atom. The molecular formula is C22H40Na2O4S2. The predicted octanol–water partition coefficient (Wildman–Crippen LogP) is -1.10. The van der Waals surface area contributed by atoms with Gasteiger partial charge in [-0.3, -0.25) is 0 Å². The summed E-state index contributed by atoms with van der Waals surface area (Å²) in [6.07, 6.45) is 19.2. The van der Waals surface area contributed by atoms with Gasteiger partial charge in [-0.15, -0.1) is 0 Å². The van der Waals surface area contributed by atoms with Gasteiger partial charge in [0, 0.05) is 23.4 Å². The molecule has 0 unspecified atom stereocenters. The molecule has 166 valence electrons. The summed E-state index contributed by atoms with van der Waals surface area (Å²) in [7, 11) is 4.03. The maximum atomic E-state index is 10.3. The zero-order valence-electron chi connectivity index (χ0n) is 19.6. The topological polar surface area (TPSA) is 80.3 Å². The molecule has 0 aromatic heterocycles. The third kappa shape index (κ3) is 34.3. The summed E-state index contributed by atoms with van der Waals surface area (Å²) in [5, 5.41) is 20.6. The minimum Gasteiger partial charge on any atom is -0.550 e. The zero-order valence-corrected chi connectivity index (χ0v) is 25.2. The summed E-state index contributed by atoms with van der Waals surface area (Å²) in [4.78, 5) is 20.6. The van der Waals surface area contributed by atoms with Crippen LogP contribution in [0.3, 0.4) is 0 Å². The van der Waals surface area contributed by atoms with Crippen molar-refractivity contribution >= 4 is 33.5 Å². The summed E-state index contributed by atoms with van der Waals surface area (Å²) in [5.74, 6) is 0.662. The van der Waals surface area contributed by atoms with Crippen LogP contribution in [-0.2, 0) is 9.59 Å². The monoisotopic (exact) mass is 478 g/mol. The van der Waals surface area contributed by atoms with Crippen molar-refractivity contribution in [3.63, 3.8) is 0 Å². The Kier molecular flexibility index (Phi) is 37.0. The van der Waals surface area contributed by atoms with Crippen LogP contribution in [0.4, 0.5) is 0 Å². The molecule has 0 saturated heterocycles. The summed E-state index contributed by atoms with van der Waals surface area (Å²) in [6, 6.07) is 0. The van der Waals surface area contributed by atoms with Crippen LogP contribution in [0.5, 0.6) is 0 Å². The Hall–Kier alpha value is 1.64. The van der Waals surface area contributed by atoms with Gasteiger partial charge in [0.25, 0.3) is 0 Å². The molecule has 0 rings (SSSR count). The summed E-state index contributed by atoms with van der Waals surface area (Å²) in [5.41, 5.74) is 0. The molecule has 0 amide bonds. The third-order valence-corrected chi connectivity index (χ3v) is 7.38. The normalized spacial score (nSPS) is 10.3. The van der Waals surface area contributed by atoms with Crippen LogP contribution < -0.4 is 69.3 Å². The summed E-state index contributed by atoms with van der Waals surface area (Å²) < 4.78 is 0. The predicted molar refractivity (Wildman–Crippen MR) is 118 cm³/mol. The van der Waals surface area contributed by atoms with E-state index >= 15 is 0 Å². The number of carbonyl (C=O) groups excluding carboxylic acids is 2. The Morgan fingerprint density at radius 2 is 0.667 bits per heavy atom. The molecule has 0 aliphatic heterocycles. The molecular weight excluding hydrogens is 438 g/mol. The number of carbonyl (C=O) groups is 2. The molecule has 0 aliphatic carbocycles. The average molecular weight is 479 g/mol. The van der Waals surface area contributed by atoms with E-state index in [2.05, 4.69) is 0 Å². The van der Waals surface area contributed by atoms with E-state index in [1.165, 1.54) is 75.7 Å². The molecule has 4 nitrogen and oxygen atoms in total. The number of hydrogen-bond donors (Lipinski definition) is 0. The van der Waals surface area contributed by atoms with Crippen LogP contribution in [-0.4, -0.2) is 23.4 Å². The van der Waals surface area contributed by atoms with Crippen LogP contribution in [0.1, 0.15) is 116 Å². The van der Waals surface area contributed by atoms with Crippen molar-refractivity contribution in [1.82, 2.24) is 0 Å². The molecule has 8 heteroatoms. The Labute approximate surface area is 237 Å². The second kappa shape index (κ2) is 30.6. The average Bonchev–Trinajstić information content (AvgIpc) is 2.65. The van der Waals surface area contributed by atoms with Gasteiger partial charge >= 0.3 is 59.1 Å². The number of hydrogen-bond acceptors (Lipinski definition) is 6. The first-order valence-corrected chi connectivity index (χ1v) is 13.8. The van der Waals surface area contributed by atoms with Crippen molar-refractivity contribution < 1.29 is 78.9 Å². The van der Waals surface area contributed by atoms with E-state index in [0.29, 0.717) is 0 Å². The van der Waals surface area contributed by atoms with E-state index in [1.807, 2.05) is 21.6 Å². The van der Waals surface area contributed by atoms with Crippen LogP contribution in [0.15, 0.2) is 0 Å². The van der Waals surface area contributed by atoms with Crippen LogP contribution >= 0.6 is 21.6 Å². The molecule has 0 bridgehead atoms. The summed E-state index contributed by atoms with van der Waals surface area (Å²) >= 11 is 0. The first-order chi connectivity index (χ1) is 13.6. The van der Waals surface area contributed by atoms with E-state index < -0.39 is 11.9 Å². The number of carboxylic acid groups (broad SMARTS) is 2. The Bertz CT molecular complexity index is 341. The van der Waals surface area contributed by atoms with Gasteiger partial charge in [-0.05, 0) is 38.5 Å². The van der Waals surface area contributed by atoms with E-state index in [4.69, 9.17) is 0 Å². The molecule has 0 heterocycles. The van der Waals surface area contributed by atoms with E-state index in [9.17, 15) is 19.8 Å². The van der Waals surface area contributed by atoms with E-state index in [0.717, 1.165) is 38.5 Å². The van der Waals surface area contributed by atoms with Crippen molar-refractivity contribution in [2.45, 2.75) is 116 Å². The quantitative estimate of drug-likeness (QED) is 0.105. The molecule has 0 N–H and O–H groups in total. The minimum atomic E-state index is -0.921. The molecule has 0 spiro atoms. The van der Waals surface area contributed by atoms with Gasteiger partial charge < -0.3 is 19.8 Å². The van der Waals surface area contributed by atoms with E-state index in [1.54, 1.807) is 0 Å². The van der Waals surface area contributed by atoms with Gasteiger partial charge in [0.2, 0.25) is 0 Å². The zero-order chi connectivity index (χ0) is 20.7. The van der Waals surface area contributed by atoms with Crippen molar-refractivity contribution in [3.8, 4) is 0 Å². The molecule has 0 atom stereocenters. The van der Waals surface area contributed by atoms with Crippen molar-refractivity contribution in [1.29, 1.82) is 0 Å². The first-order valence-electron chi connectivity index (χ1n) is 11.3. The number of aliphatic carboxylic acids is 2. The molecule has 0 aromatic carbocycles. The fourth-order valence-electron chi connectivity index (χ4n) is 3.10. The minimum absolute atomic E-state index is 0. The van der Waals surface area contributed by atoms with Crippen LogP contribution in [0.25, 0.3) is 0 Å². The maximum absolute atomic E-state index is 10.3. The molecule has 0 fully saturated rings. The second-order valence-corrected chi connectivity index (χ2v) is 10.2. The standard InChI is InChI=1S/C22H42O4S2.2Na/c23-21(24)17-13-9-5-1-3-7-11-15-19-27-28-20-16-12-8-4-2-6-10-14-18-22(25)26;;/h1-20H2,(H,23,24)(H,25,26);;/q;2*+1/p-2. The van der Waals surface area contributed by atoms with Gasteiger partial charge in [0.05, 0.1) is 0 Å². The Balaban J connectivity index is -0.00000364. The number of carboxylic acids is 2. The molecule has 0 radical (unpaired) electrons. The van der Waals surface area contributed by atoms with Gasteiger partial charge in [-0.25, -0.2) is 0 Å². The second-order valence-electron chi connectivity index (χ2n) is 7.54. The smallest absolute Gasteiger partial charge is 0.550 e. The van der Waals surface area contributed by atoms with E-state index in [-0.39, 0.29) is 72.0 Å². The molecule has 30 heavy (non-hydrogen) atoms. The largest absolute Gasteiger partial charge is 1.00 e. The van der Waals surface area contributed by atoms with Crippen molar-refractivity contribution in [2.75, 3.05) is 11.5 Å². The van der Waals surface area contributed by atoms with Crippen molar-refractivity contribution in [3.05, 3.63) is 0 Å². The third-order valence-electron chi connectivity index (χ3n) is 4.80. The van der Waals surface area contributed by atoms with Crippen LogP contribution in [0.2, 0.25) is 0 Å².